The topological polar surface area (TPSA) is 97.8 Å². The van der Waals surface area contributed by atoms with Crippen LogP contribution < -0.4 is 5.32 Å². The number of hydrogen-bond acceptors (Lipinski definition) is 8. The first-order valence-corrected chi connectivity index (χ1v) is 15.4. The molecule has 3 heterocycles. The fourth-order valence-corrected chi connectivity index (χ4v) is 6.54. The third kappa shape index (κ3) is 6.88. The number of ether oxygens (including phenoxy) is 2. The van der Waals surface area contributed by atoms with Gasteiger partial charge in [0.05, 0.1) is 0 Å². The van der Waals surface area contributed by atoms with Crippen molar-refractivity contribution >= 4 is 41.5 Å². The van der Waals surface area contributed by atoms with Gasteiger partial charge in [0.1, 0.15) is 22.7 Å². The zero-order chi connectivity index (χ0) is 29.7. The maximum Gasteiger partial charge on any atom is 0.408 e. The standard InChI is InChI=1S/C32H31N3O5S2/c1-32(2,3)40-31(38)34-25-28(36)35-26(23(20-42-29(25)35)16-19-41-24-14-17-33-18-15-24)30(37)39-27(21-10-6-4-7-11-21)22-12-8-5-9-13-22/h4-19,25,27,29H,20H2,1-3H3,(H,34,38)/t25-,29+/m1/s1. The van der Waals surface area contributed by atoms with E-state index in [9.17, 15) is 14.4 Å². The zero-order valence-corrected chi connectivity index (χ0v) is 25.1. The Hall–Kier alpha value is -4.02. The fraction of sp³-hybridized carbons (Fsp3) is 0.250. The van der Waals surface area contributed by atoms with E-state index in [2.05, 4.69) is 10.3 Å². The van der Waals surface area contributed by atoms with Gasteiger partial charge >= 0.3 is 12.1 Å². The monoisotopic (exact) mass is 601 g/mol. The minimum Gasteiger partial charge on any atom is -0.448 e. The van der Waals surface area contributed by atoms with Gasteiger partial charge in [-0.1, -0.05) is 72.4 Å². The van der Waals surface area contributed by atoms with Crippen molar-refractivity contribution in [2.75, 3.05) is 5.75 Å². The summed E-state index contributed by atoms with van der Waals surface area (Å²) in [4.78, 5) is 46.4. The number of hydrogen-bond donors (Lipinski definition) is 1. The molecule has 1 saturated heterocycles. The van der Waals surface area contributed by atoms with Gasteiger partial charge in [-0.3, -0.25) is 14.7 Å². The van der Waals surface area contributed by atoms with Crippen LogP contribution >= 0.6 is 23.5 Å². The Morgan fingerprint density at radius 1 is 1.02 bits per heavy atom. The van der Waals surface area contributed by atoms with Crippen molar-refractivity contribution in [3.63, 3.8) is 0 Å². The van der Waals surface area contributed by atoms with Gasteiger partial charge < -0.3 is 14.8 Å². The summed E-state index contributed by atoms with van der Waals surface area (Å²) in [5, 5.41) is 4.09. The third-order valence-electron chi connectivity index (χ3n) is 6.42. The molecular weight excluding hydrogens is 571 g/mol. The Morgan fingerprint density at radius 3 is 2.24 bits per heavy atom. The number of thioether (sulfide) groups is 2. The lowest BCUT2D eigenvalue weighted by molar-refractivity contribution is -0.153. The van der Waals surface area contributed by atoms with Crippen molar-refractivity contribution in [3.8, 4) is 0 Å². The number of nitrogens with one attached hydrogen (secondary N) is 1. The van der Waals surface area contributed by atoms with Crippen molar-refractivity contribution < 1.29 is 23.9 Å². The quantitative estimate of drug-likeness (QED) is 0.188. The normalized spacial score (nSPS) is 18.5. The van der Waals surface area contributed by atoms with Crippen molar-refractivity contribution in [1.29, 1.82) is 0 Å². The Labute approximate surface area is 253 Å². The predicted octanol–water partition coefficient (Wildman–Crippen LogP) is 6.08. The molecule has 0 spiro atoms. The van der Waals surface area contributed by atoms with Gasteiger partial charge in [0.15, 0.2) is 6.10 Å². The van der Waals surface area contributed by atoms with Gasteiger partial charge in [0.2, 0.25) is 0 Å². The summed E-state index contributed by atoms with van der Waals surface area (Å²) in [6.45, 7) is 5.27. The van der Waals surface area contributed by atoms with E-state index in [1.54, 1.807) is 33.2 Å². The molecule has 1 N–H and O–H groups in total. The van der Waals surface area contributed by atoms with Crippen molar-refractivity contribution in [3.05, 3.63) is 119 Å². The highest BCUT2D eigenvalue weighted by atomic mass is 32.2. The highest BCUT2D eigenvalue weighted by molar-refractivity contribution is 8.02. The molecule has 1 fully saturated rings. The van der Waals surface area contributed by atoms with Crippen molar-refractivity contribution in [1.82, 2.24) is 15.2 Å². The summed E-state index contributed by atoms with van der Waals surface area (Å²) >= 11 is 2.95. The minimum atomic E-state index is -0.816. The summed E-state index contributed by atoms with van der Waals surface area (Å²) in [7, 11) is 0. The number of amides is 2. The van der Waals surface area contributed by atoms with E-state index in [0.717, 1.165) is 16.0 Å². The molecule has 10 heteroatoms. The largest absolute Gasteiger partial charge is 0.448 e. The number of allylic oxidation sites excluding steroid dienone is 1. The lowest BCUT2D eigenvalue weighted by atomic mass is 10.0. The van der Waals surface area contributed by atoms with E-state index in [4.69, 9.17) is 9.47 Å². The van der Waals surface area contributed by atoms with E-state index < -0.39 is 41.1 Å². The number of esters is 1. The molecule has 216 valence electrons. The van der Waals surface area contributed by atoms with Crippen LogP contribution in [0.4, 0.5) is 4.79 Å². The van der Waals surface area contributed by atoms with Gasteiger partial charge in [0, 0.05) is 23.0 Å². The van der Waals surface area contributed by atoms with E-state index in [1.165, 1.54) is 28.4 Å². The van der Waals surface area contributed by atoms with Crippen LogP contribution in [0, 0.1) is 0 Å². The summed E-state index contributed by atoms with van der Waals surface area (Å²) in [5.41, 5.74) is 1.74. The second-order valence-electron chi connectivity index (χ2n) is 10.6. The average Bonchev–Trinajstić information content (AvgIpc) is 2.98. The van der Waals surface area contributed by atoms with Crippen LogP contribution in [0.25, 0.3) is 0 Å². The summed E-state index contributed by atoms with van der Waals surface area (Å²) in [5.74, 6) is -0.565. The second-order valence-corrected chi connectivity index (χ2v) is 12.7. The maximum atomic E-state index is 14.0. The van der Waals surface area contributed by atoms with Crippen LogP contribution in [0.1, 0.15) is 38.0 Å². The van der Waals surface area contributed by atoms with Crippen LogP contribution in [0.5, 0.6) is 0 Å². The number of pyridine rings is 1. The van der Waals surface area contributed by atoms with Crippen LogP contribution in [-0.4, -0.2) is 50.6 Å². The molecule has 0 aliphatic carbocycles. The highest BCUT2D eigenvalue weighted by Gasteiger charge is 2.54. The van der Waals surface area contributed by atoms with Gasteiger partial charge in [-0.15, -0.1) is 11.8 Å². The first kappa shape index (κ1) is 29.5. The lowest BCUT2D eigenvalue weighted by Crippen LogP contribution is -2.70. The molecule has 0 saturated carbocycles. The van der Waals surface area contributed by atoms with Crippen LogP contribution in [0.2, 0.25) is 0 Å². The SMILES string of the molecule is CC(C)(C)OC(=O)N[C@@H]1C(=O)N2C(C(=O)OC(c3ccccc3)c3ccccc3)=C(C=CSc3ccncc3)CS[C@@H]12. The minimum absolute atomic E-state index is 0.175. The van der Waals surface area contributed by atoms with Gasteiger partial charge in [-0.05, 0) is 61.1 Å². The molecule has 2 aliphatic heterocycles. The number of carbonyl (C=O) groups is 3. The molecule has 0 radical (unpaired) electrons. The molecule has 2 atom stereocenters. The van der Waals surface area contributed by atoms with E-state index >= 15 is 0 Å². The number of β-lactam (4-membered cyclic amide) rings is 1. The van der Waals surface area contributed by atoms with Gasteiger partial charge in [-0.25, -0.2) is 9.59 Å². The third-order valence-corrected chi connectivity index (χ3v) is 8.53. The zero-order valence-electron chi connectivity index (χ0n) is 23.4. The molecule has 8 nitrogen and oxygen atoms in total. The average molecular weight is 602 g/mol. The van der Waals surface area contributed by atoms with Crippen molar-refractivity contribution in [2.45, 2.75) is 48.8 Å². The van der Waals surface area contributed by atoms with Crippen LogP contribution in [0.15, 0.2) is 113 Å². The van der Waals surface area contributed by atoms with E-state index in [0.29, 0.717) is 11.3 Å². The molecule has 0 unspecified atom stereocenters. The summed E-state index contributed by atoms with van der Waals surface area (Å²) < 4.78 is 11.5. The molecule has 2 aliphatic rings. The molecule has 0 bridgehead atoms. The molecule has 5 rings (SSSR count). The molecule has 42 heavy (non-hydrogen) atoms. The number of rotatable bonds is 8. The second kappa shape index (κ2) is 12.9. The molecule has 2 amide bonds. The number of alkyl carbamates (subject to hydrolysis) is 1. The summed E-state index contributed by atoms with van der Waals surface area (Å²) in [6, 6.07) is 21.9. The Balaban J connectivity index is 1.44. The first-order valence-electron chi connectivity index (χ1n) is 13.4. The van der Waals surface area contributed by atoms with Crippen LogP contribution in [0.3, 0.4) is 0 Å². The highest BCUT2D eigenvalue weighted by Crippen LogP contribution is 2.42. The Kier molecular flexibility index (Phi) is 9.03. The molecular formula is C32H31N3O5S2. The number of nitrogens with zero attached hydrogens (tertiary/aromatic N) is 2. The molecule has 2 aromatic carbocycles. The Bertz CT molecular complexity index is 1450. The number of benzene rings is 2. The summed E-state index contributed by atoms with van der Waals surface area (Å²) in [6.07, 6.45) is 3.91. The maximum absolute atomic E-state index is 14.0. The predicted molar refractivity (Wildman–Crippen MR) is 163 cm³/mol. The molecule has 1 aromatic heterocycles. The number of fused-ring (bicyclic) bond motifs is 1. The molecule has 3 aromatic rings. The van der Waals surface area contributed by atoms with Gasteiger partial charge in [-0.2, -0.15) is 0 Å². The number of aromatic nitrogens is 1. The van der Waals surface area contributed by atoms with Gasteiger partial charge in [0.25, 0.3) is 5.91 Å². The van der Waals surface area contributed by atoms with E-state index in [-0.39, 0.29) is 5.70 Å². The Morgan fingerprint density at radius 2 is 1.64 bits per heavy atom. The fourth-order valence-electron chi connectivity index (χ4n) is 4.55. The smallest absolute Gasteiger partial charge is 0.408 e. The van der Waals surface area contributed by atoms with Crippen LogP contribution in [-0.2, 0) is 19.1 Å². The first-order chi connectivity index (χ1) is 20.2. The lowest BCUT2D eigenvalue weighted by Gasteiger charge is -2.49. The number of carbonyl (C=O) groups excluding carboxylic acids is 3. The van der Waals surface area contributed by atoms with E-state index in [1.807, 2.05) is 84.3 Å². The van der Waals surface area contributed by atoms with Crippen molar-refractivity contribution in [2.24, 2.45) is 0 Å².